The van der Waals surface area contributed by atoms with Crippen molar-refractivity contribution in [3.63, 3.8) is 0 Å². The molecule has 0 atom stereocenters. The molecule has 1 aromatic rings. The van der Waals surface area contributed by atoms with Gasteiger partial charge in [-0.15, -0.1) is 0 Å². The van der Waals surface area contributed by atoms with Crippen molar-refractivity contribution in [2.24, 2.45) is 5.41 Å². The van der Waals surface area contributed by atoms with Gasteiger partial charge in [-0.25, -0.2) is 4.98 Å². The van der Waals surface area contributed by atoms with Gasteiger partial charge in [-0.05, 0) is 47.8 Å². The van der Waals surface area contributed by atoms with E-state index in [9.17, 15) is 0 Å². The highest BCUT2D eigenvalue weighted by Gasteiger charge is 2.44. The van der Waals surface area contributed by atoms with Crippen LogP contribution in [0.15, 0.2) is 16.6 Å². The van der Waals surface area contributed by atoms with Crippen LogP contribution in [0.3, 0.4) is 0 Å². The summed E-state index contributed by atoms with van der Waals surface area (Å²) in [7, 11) is 0. The Morgan fingerprint density at radius 1 is 1.29 bits per heavy atom. The van der Waals surface area contributed by atoms with Crippen LogP contribution in [0.1, 0.15) is 18.5 Å². The van der Waals surface area contributed by atoms with Gasteiger partial charge in [0.2, 0.25) is 0 Å². The molecule has 2 aliphatic heterocycles. The van der Waals surface area contributed by atoms with Crippen LogP contribution in [0.5, 0.6) is 0 Å². The highest BCUT2D eigenvalue weighted by Crippen LogP contribution is 2.41. The molecule has 2 saturated heterocycles. The number of hydrogen-bond donors (Lipinski definition) is 0. The summed E-state index contributed by atoms with van der Waals surface area (Å²) in [6.07, 6.45) is 2.41. The Hall–Kier alpha value is -0.610. The fraction of sp³-hybridized carbons (Fsp3) is 0.615. The van der Waals surface area contributed by atoms with E-state index in [1.165, 1.54) is 12.8 Å². The molecule has 3 heterocycles. The first-order valence-corrected chi connectivity index (χ1v) is 6.94. The van der Waals surface area contributed by atoms with Crippen molar-refractivity contribution in [3.8, 4) is 0 Å². The minimum atomic E-state index is 0.515. The van der Waals surface area contributed by atoms with Gasteiger partial charge in [-0.2, -0.15) is 0 Å². The smallest absolute Gasteiger partial charge is 0.128 e. The predicted octanol–water partition coefficient (Wildman–Crippen LogP) is 2.77. The summed E-state index contributed by atoms with van der Waals surface area (Å²) in [5.41, 5.74) is 1.58. The van der Waals surface area contributed by atoms with Crippen LogP contribution in [0, 0.1) is 12.3 Å². The van der Waals surface area contributed by atoms with Gasteiger partial charge in [0, 0.05) is 36.2 Å². The summed E-state index contributed by atoms with van der Waals surface area (Å²) in [4.78, 5) is 7.00. The second-order valence-corrected chi connectivity index (χ2v) is 6.06. The first-order chi connectivity index (χ1) is 8.19. The number of ether oxygens (including phenoxy) is 1. The van der Waals surface area contributed by atoms with Crippen molar-refractivity contribution < 1.29 is 4.74 Å². The number of aryl methyl sites for hydroxylation is 1. The number of rotatable bonds is 1. The second-order valence-electron chi connectivity index (χ2n) is 5.21. The van der Waals surface area contributed by atoms with Gasteiger partial charge in [-0.3, -0.25) is 0 Å². The predicted molar refractivity (Wildman–Crippen MR) is 71.4 cm³/mol. The van der Waals surface area contributed by atoms with Crippen LogP contribution in [-0.4, -0.2) is 31.3 Å². The quantitative estimate of drug-likeness (QED) is 0.797. The monoisotopic (exact) mass is 296 g/mol. The van der Waals surface area contributed by atoms with Gasteiger partial charge in [0.1, 0.15) is 5.82 Å². The van der Waals surface area contributed by atoms with E-state index in [1.807, 2.05) is 6.92 Å². The molecule has 0 saturated carbocycles. The summed E-state index contributed by atoms with van der Waals surface area (Å²) in [5, 5.41) is 0. The van der Waals surface area contributed by atoms with E-state index in [1.54, 1.807) is 0 Å². The Balaban J connectivity index is 1.70. The highest BCUT2D eigenvalue weighted by atomic mass is 79.9. The zero-order chi connectivity index (χ0) is 11.9. The topological polar surface area (TPSA) is 25.4 Å². The third-order valence-corrected chi connectivity index (χ3v) is 4.77. The third-order valence-electron chi connectivity index (χ3n) is 3.94. The summed E-state index contributed by atoms with van der Waals surface area (Å²) in [6, 6.07) is 4.19. The second kappa shape index (κ2) is 4.25. The largest absolute Gasteiger partial charge is 0.381 e. The molecule has 3 rings (SSSR count). The number of pyridine rings is 1. The van der Waals surface area contributed by atoms with Gasteiger partial charge in [0.15, 0.2) is 0 Å². The Labute approximate surface area is 110 Å². The molecule has 0 amide bonds. The fourth-order valence-electron chi connectivity index (χ4n) is 2.75. The molecule has 2 aliphatic rings. The molecule has 0 aliphatic carbocycles. The Bertz CT molecular complexity index is 421. The lowest BCUT2D eigenvalue weighted by molar-refractivity contribution is -0.000462. The Kier molecular flexibility index (Phi) is 2.87. The molecule has 92 valence electrons. The first-order valence-electron chi connectivity index (χ1n) is 6.14. The Morgan fingerprint density at radius 2 is 2.00 bits per heavy atom. The average molecular weight is 297 g/mol. The fourth-order valence-corrected chi connectivity index (χ4v) is 2.97. The number of halogens is 1. The standard InChI is InChI=1S/C13H17BrN2O/c1-10-11(14)2-3-12(15-10)16-8-13(9-16)4-6-17-7-5-13/h2-3H,4-9H2,1H3. The van der Waals surface area contributed by atoms with E-state index in [-0.39, 0.29) is 0 Å². The van der Waals surface area contributed by atoms with Crippen LogP contribution in [-0.2, 0) is 4.74 Å². The lowest BCUT2D eigenvalue weighted by Gasteiger charge is -2.52. The lowest BCUT2D eigenvalue weighted by Crippen LogP contribution is -2.58. The van der Waals surface area contributed by atoms with E-state index in [0.29, 0.717) is 5.41 Å². The van der Waals surface area contributed by atoms with Crippen LogP contribution in [0.4, 0.5) is 5.82 Å². The normalized spacial score (nSPS) is 22.6. The SMILES string of the molecule is Cc1nc(N2CC3(CCOCC3)C2)ccc1Br. The first kappa shape index (κ1) is 11.5. The van der Waals surface area contributed by atoms with E-state index in [0.717, 1.165) is 42.3 Å². The van der Waals surface area contributed by atoms with Gasteiger partial charge < -0.3 is 9.64 Å². The van der Waals surface area contributed by atoms with Crippen LogP contribution in [0.25, 0.3) is 0 Å². The minimum absolute atomic E-state index is 0.515. The average Bonchev–Trinajstić information content (AvgIpc) is 2.31. The van der Waals surface area contributed by atoms with E-state index in [4.69, 9.17) is 4.74 Å². The maximum Gasteiger partial charge on any atom is 0.128 e. The lowest BCUT2D eigenvalue weighted by atomic mass is 9.73. The van der Waals surface area contributed by atoms with Crippen molar-refractivity contribution in [1.29, 1.82) is 0 Å². The summed E-state index contributed by atoms with van der Waals surface area (Å²) in [6.45, 7) is 6.19. The molecule has 1 spiro atoms. The molecule has 2 fully saturated rings. The highest BCUT2D eigenvalue weighted by molar-refractivity contribution is 9.10. The number of aromatic nitrogens is 1. The maximum atomic E-state index is 5.44. The summed E-state index contributed by atoms with van der Waals surface area (Å²) >= 11 is 3.49. The third kappa shape index (κ3) is 2.08. The van der Waals surface area contributed by atoms with Crippen molar-refractivity contribution >= 4 is 21.7 Å². The molecule has 0 unspecified atom stereocenters. The summed E-state index contributed by atoms with van der Waals surface area (Å²) in [5.74, 6) is 1.11. The van der Waals surface area contributed by atoms with Crippen LogP contribution >= 0.6 is 15.9 Å². The zero-order valence-electron chi connectivity index (χ0n) is 10.1. The van der Waals surface area contributed by atoms with Crippen molar-refractivity contribution in [2.75, 3.05) is 31.2 Å². The van der Waals surface area contributed by atoms with E-state index < -0.39 is 0 Å². The molecule has 0 radical (unpaired) electrons. The summed E-state index contributed by atoms with van der Waals surface area (Å²) < 4.78 is 6.52. The van der Waals surface area contributed by atoms with Gasteiger partial charge in [-0.1, -0.05) is 0 Å². The molecule has 0 N–H and O–H groups in total. The van der Waals surface area contributed by atoms with Crippen molar-refractivity contribution in [1.82, 2.24) is 4.98 Å². The molecule has 1 aromatic heterocycles. The zero-order valence-corrected chi connectivity index (χ0v) is 11.7. The molecule has 4 heteroatoms. The maximum absolute atomic E-state index is 5.44. The van der Waals surface area contributed by atoms with Crippen molar-refractivity contribution in [2.45, 2.75) is 19.8 Å². The van der Waals surface area contributed by atoms with Gasteiger partial charge >= 0.3 is 0 Å². The molecule has 0 aromatic carbocycles. The van der Waals surface area contributed by atoms with E-state index in [2.05, 4.69) is 37.9 Å². The van der Waals surface area contributed by atoms with Crippen LogP contribution in [0.2, 0.25) is 0 Å². The number of hydrogen-bond acceptors (Lipinski definition) is 3. The molecule has 17 heavy (non-hydrogen) atoms. The number of anilines is 1. The van der Waals surface area contributed by atoms with Gasteiger partial charge in [0.25, 0.3) is 0 Å². The molecular formula is C13H17BrN2O. The molecule has 3 nitrogen and oxygen atoms in total. The van der Waals surface area contributed by atoms with E-state index >= 15 is 0 Å². The molecule has 0 bridgehead atoms. The van der Waals surface area contributed by atoms with Crippen LogP contribution < -0.4 is 4.90 Å². The minimum Gasteiger partial charge on any atom is -0.381 e. The van der Waals surface area contributed by atoms with Crippen molar-refractivity contribution in [3.05, 3.63) is 22.3 Å². The molecular weight excluding hydrogens is 280 g/mol. The number of nitrogens with zero attached hydrogens (tertiary/aromatic N) is 2. The Morgan fingerprint density at radius 3 is 2.65 bits per heavy atom. The van der Waals surface area contributed by atoms with Gasteiger partial charge in [0.05, 0.1) is 5.69 Å².